The Morgan fingerprint density at radius 2 is 1.64 bits per heavy atom. The zero-order chi connectivity index (χ0) is 23.8. The maximum absolute atomic E-state index is 13.5. The highest BCUT2D eigenvalue weighted by atomic mass is 19.1. The molecule has 3 rings (SSSR count). The standard InChI is InChI=1S/C28H33FN2O2/c1-4-20(3)30-28(33)26(5-2)31(19-21-13-16-24(29)17-14-21)27(32)18-15-23-11-8-10-22-9-6-7-12-25(22)23/h6-14,16-17,20,26H,4-5,15,18-19H2,1-3H3,(H,30,33)/t20-,26-/m0/s1. The summed E-state index contributed by atoms with van der Waals surface area (Å²) < 4.78 is 13.4. The van der Waals surface area contributed by atoms with E-state index in [1.807, 2.05) is 45.0 Å². The lowest BCUT2D eigenvalue weighted by atomic mass is 10.00. The molecule has 0 fully saturated rings. The monoisotopic (exact) mass is 448 g/mol. The van der Waals surface area contributed by atoms with Gasteiger partial charge in [0.15, 0.2) is 0 Å². The Bertz CT molecular complexity index is 1080. The van der Waals surface area contributed by atoms with Crippen LogP contribution in [0, 0.1) is 5.82 Å². The van der Waals surface area contributed by atoms with Crippen LogP contribution in [0.25, 0.3) is 10.8 Å². The number of nitrogens with zero attached hydrogens (tertiary/aromatic N) is 1. The molecule has 0 aromatic heterocycles. The predicted molar refractivity (Wildman–Crippen MR) is 131 cm³/mol. The van der Waals surface area contributed by atoms with Crippen LogP contribution in [0.5, 0.6) is 0 Å². The van der Waals surface area contributed by atoms with Crippen LogP contribution in [0.4, 0.5) is 4.39 Å². The number of rotatable bonds is 10. The number of amides is 2. The first-order valence-electron chi connectivity index (χ1n) is 11.7. The molecule has 5 heteroatoms. The second-order valence-corrected chi connectivity index (χ2v) is 8.53. The molecule has 0 aliphatic heterocycles. The zero-order valence-corrected chi connectivity index (χ0v) is 19.7. The molecule has 3 aromatic carbocycles. The summed E-state index contributed by atoms with van der Waals surface area (Å²) >= 11 is 0. The topological polar surface area (TPSA) is 49.4 Å². The molecule has 1 N–H and O–H groups in total. The van der Waals surface area contributed by atoms with Crippen molar-refractivity contribution < 1.29 is 14.0 Å². The van der Waals surface area contributed by atoms with Gasteiger partial charge in [0.1, 0.15) is 11.9 Å². The SMILES string of the molecule is CC[C@H](C)NC(=O)[C@H](CC)N(Cc1ccc(F)cc1)C(=O)CCc1cccc2ccccc12. The van der Waals surface area contributed by atoms with Crippen molar-refractivity contribution in [2.24, 2.45) is 0 Å². The summed E-state index contributed by atoms with van der Waals surface area (Å²) in [5.74, 6) is -0.556. The summed E-state index contributed by atoms with van der Waals surface area (Å²) in [5, 5.41) is 5.30. The molecule has 0 aliphatic rings. The maximum atomic E-state index is 13.5. The van der Waals surface area contributed by atoms with Gasteiger partial charge < -0.3 is 10.2 Å². The van der Waals surface area contributed by atoms with Gasteiger partial charge in [0.05, 0.1) is 0 Å². The summed E-state index contributed by atoms with van der Waals surface area (Å²) in [6.45, 7) is 6.15. The predicted octanol–water partition coefficient (Wildman–Crippen LogP) is 5.63. The Labute approximate surface area is 195 Å². The molecule has 3 aromatic rings. The highest BCUT2D eigenvalue weighted by Gasteiger charge is 2.29. The number of carbonyl (C=O) groups excluding carboxylic acids is 2. The van der Waals surface area contributed by atoms with Crippen molar-refractivity contribution in [3.05, 3.63) is 83.7 Å². The van der Waals surface area contributed by atoms with Gasteiger partial charge in [-0.15, -0.1) is 0 Å². The van der Waals surface area contributed by atoms with Gasteiger partial charge in [-0.3, -0.25) is 9.59 Å². The van der Waals surface area contributed by atoms with E-state index in [4.69, 9.17) is 0 Å². The van der Waals surface area contributed by atoms with Crippen LogP contribution in [0.2, 0.25) is 0 Å². The third-order valence-electron chi connectivity index (χ3n) is 6.14. The molecule has 0 saturated carbocycles. The third kappa shape index (κ3) is 6.41. The van der Waals surface area contributed by atoms with Crippen molar-refractivity contribution in [1.29, 1.82) is 0 Å². The summed E-state index contributed by atoms with van der Waals surface area (Å²) in [6, 6.07) is 19.8. The molecule has 0 unspecified atom stereocenters. The van der Waals surface area contributed by atoms with Crippen molar-refractivity contribution in [1.82, 2.24) is 10.2 Å². The van der Waals surface area contributed by atoms with Gasteiger partial charge in [-0.2, -0.15) is 0 Å². The van der Waals surface area contributed by atoms with Gasteiger partial charge >= 0.3 is 0 Å². The Morgan fingerprint density at radius 3 is 2.33 bits per heavy atom. The van der Waals surface area contributed by atoms with Crippen LogP contribution >= 0.6 is 0 Å². The van der Waals surface area contributed by atoms with E-state index in [-0.39, 0.29) is 30.2 Å². The van der Waals surface area contributed by atoms with Crippen LogP contribution < -0.4 is 5.32 Å². The number of fused-ring (bicyclic) bond motifs is 1. The molecule has 0 radical (unpaired) electrons. The fourth-order valence-electron chi connectivity index (χ4n) is 4.04. The molecule has 2 atom stereocenters. The van der Waals surface area contributed by atoms with E-state index >= 15 is 0 Å². The van der Waals surface area contributed by atoms with E-state index in [1.165, 1.54) is 12.1 Å². The van der Waals surface area contributed by atoms with Crippen LogP contribution in [-0.2, 0) is 22.6 Å². The van der Waals surface area contributed by atoms with E-state index in [1.54, 1.807) is 17.0 Å². The normalized spacial score (nSPS) is 12.8. The van der Waals surface area contributed by atoms with Crippen LogP contribution in [-0.4, -0.2) is 28.8 Å². The fourth-order valence-corrected chi connectivity index (χ4v) is 4.04. The highest BCUT2D eigenvalue weighted by Crippen LogP contribution is 2.21. The van der Waals surface area contributed by atoms with Crippen molar-refractivity contribution >= 4 is 22.6 Å². The van der Waals surface area contributed by atoms with E-state index in [0.717, 1.165) is 28.3 Å². The largest absolute Gasteiger partial charge is 0.352 e. The molecule has 0 bridgehead atoms. The lowest BCUT2D eigenvalue weighted by molar-refractivity contribution is -0.141. The first-order chi connectivity index (χ1) is 15.9. The number of hydrogen-bond donors (Lipinski definition) is 1. The van der Waals surface area contributed by atoms with Crippen LogP contribution in [0.1, 0.15) is 51.2 Å². The number of nitrogens with one attached hydrogen (secondary N) is 1. The fraction of sp³-hybridized carbons (Fsp3) is 0.357. The van der Waals surface area contributed by atoms with Gasteiger partial charge in [0, 0.05) is 19.0 Å². The Morgan fingerprint density at radius 1 is 0.939 bits per heavy atom. The second kappa shape index (κ2) is 11.6. The smallest absolute Gasteiger partial charge is 0.243 e. The summed E-state index contributed by atoms with van der Waals surface area (Å²) in [4.78, 5) is 28.1. The Hall–Kier alpha value is -3.21. The van der Waals surface area contributed by atoms with Gasteiger partial charge in [0.25, 0.3) is 0 Å². The van der Waals surface area contributed by atoms with Crippen molar-refractivity contribution in [2.45, 2.75) is 65.1 Å². The minimum Gasteiger partial charge on any atom is -0.352 e. The summed E-state index contributed by atoms with van der Waals surface area (Å²) in [5.41, 5.74) is 1.91. The van der Waals surface area contributed by atoms with E-state index in [0.29, 0.717) is 19.3 Å². The van der Waals surface area contributed by atoms with Gasteiger partial charge in [-0.05, 0) is 60.2 Å². The molecule has 0 saturated heterocycles. The number of halogens is 1. The summed E-state index contributed by atoms with van der Waals surface area (Å²) in [6.07, 6.45) is 2.20. The highest BCUT2D eigenvalue weighted by molar-refractivity contribution is 5.89. The number of aryl methyl sites for hydroxylation is 1. The van der Waals surface area contributed by atoms with Crippen molar-refractivity contribution in [3.8, 4) is 0 Å². The van der Waals surface area contributed by atoms with Crippen LogP contribution in [0.3, 0.4) is 0 Å². The Balaban J connectivity index is 1.82. The number of benzene rings is 3. The maximum Gasteiger partial charge on any atom is 0.243 e. The molecular weight excluding hydrogens is 415 g/mol. The van der Waals surface area contributed by atoms with Gasteiger partial charge in [0.2, 0.25) is 11.8 Å². The Kier molecular flexibility index (Phi) is 8.58. The van der Waals surface area contributed by atoms with E-state index in [9.17, 15) is 14.0 Å². The molecular formula is C28H33FN2O2. The minimum atomic E-state index is -0.580. The average molecular weight is 449 g/mol. The van der Waals surface area contributed by atoms with Crippen molar-refractivity contribution in [3.63, 3.8) is 0 Å². The van der Waals surface area contributed by atoms with E-state index < -0.39 is 6.04 Å². The van der Waals surface area contributed by atoms with Gasteiger partial charge in [-0.1, -0.05) is 68.4 Å². The second-order valence-electron chi connectivity index (χ2n) is 8.53. The quantitative estimate of drug-likeness (QED) is 0.437. The van der Waals surface area contributed by atoms with Crippen LogP contribution in [0.15, 0.2) is 66.7 Å². The average Bonchev–Trinajstić information content (AvgIpc) is 2.83. The van der Waals surface area contributed by atoms with Gasteiger partial charge in [-0.25, -0.2) is 4.39 Å². The lowest BCUT2D eigenvalue weighted by Gasteiger charge is -2.31. The summed E-state index contributed by atoms with van der Waals surface area (Å²) in [7, 11) is 0. The molecule has 4 nitrogen and oxygen atoms in total. The molecule has 0 spiro atoms. The number of carbonyl (C=O) groups is 2. The molecule has 0 heterocycles. The first kappa shape index (κ1) is 24.4. The molecule has 0 aliphatic carbocycles. The molecule has 174 valence electrons. The van der Waals surface area contributed by atoms with Crippen molar-refractivity contribution in [2.75, 3.05) is 0 Å². The first-order valence-corrected chi connectivity index (χ1v) is 11.7. The number of hydrogen-bond acceptors (Lipinski definition) is 2. The van der Waals surface area contributed by atoms with E-state index in [2.05, 4.69) is 23.5 Å². The minimum absolute atomic E-state index is 0.0324. The molecule has 2 amide bonds. The lowest BCUT2D eigenvalue weighted by Crippen LogP contribution is -2.50. The zero-order valence-electron chi connectivity index (χ0n) is 19.7. The third-order valence-corrected chi connectivity index (χ3v) is 6.14. The molecule has 33 heavy (non-hydrogen) atoms.